The van der Waals surface area contributed by atoms with E-state index in [4.69, 9.17) is 9.84 Å². The highest BCUT2D eigenvalue weighted by molar-refractivity contribution is 5.90. The quantitative estimate of drug-likeness (QED) is 0.740. The van der Waals surface area contributed by atoms with Crippen molar-refractivity contribution in [2.24, 2.45) is 5.92 Å². The topological polar surface area (TPSA) is 58.6 Å². The number of benzene rings is 1. The molecule has 0 spiro atoms. The van der Waals surface area contributed by atoms with Crippen LogP contribution < -0.4 is 5.32 Å². The van der Waals surface area contributed by atoms with Gasteiger partial charge >= 0.3 is 5.97 Å². The third kappa shape index (κ3) is 4.65. The van der Waals surface area contributed by atoms with E-state index in [1.54, 1.807) is 6.07 Å². The van der Waals surface area contributed by atoms with Gasteiger partial charge in [-0.05, 0) is 24.0 Å². The van der Waals surface area contributed by atoms with Crippen molar-refractivity contribution >= 4 is 5.97 Å². The molecule has 4 nitrogen and oxygen atoms in total. The van der Waals surface area contributed by atoms with Crippen LogP contribution in [0.1, 0.15) is 36.2 Å². The summed E-state index contributed by atoms with van der Waals surface area (Å²) >= 11 is 0. The minimum atomic E-state index is -0.319. The first-order valence-corrected chi connectivity index (χ1v) is 6.60. The highest BCUT2D eigenvalue weighted by Gasteiger charge is 2.15. The van der Waals surface area contributed by atoms with E-state index in [-0.39, 0.29) is 18.6 Å². The van der Waals surface area contributed by atoms with Crippen LogP contribution >= 0.6 is 0 Å². The number of methoxy groups -OCH3 is 1. The Balaban J connectivity index is 2.73. The van der Waals surface area contributed by atoms with Gasteiger partial charge in [0.2, 0.25) is 0 Å². The summed E-state index contributed by atoms with van der Waals surface area (Å²) in [4.78, 5) is 11.6. The average Bonchev–Trinajstić information content (AvgIpc) is 2.42. The molecule has 0 aliphatic rings. The summed E-state index contributed by atoms with van der Waals surface area (Å²) < 4.78 is 4.77. The predicted octanol–water partition coefficient (Wildman–Crippen LogP) is 1.97. The fraction of sp³-hybridized carbons (Fsp3) is 0.533. The van der Waals surface area contributed by atoms with Gasteiger partial charge in [0.15, 0.2) is 0 Å². The predicted molar refractivity (Wildman–Crippen MR) is 75.0 cm³/mol. The number of ether oxygens (including phenoxy) is 1. The van der Waals surface area contributed by atoms with Gasteiger partial charge in [-0.25, -0.2) is 4.79 Å². The Labute approximate surface area is 114 Å². The Hall–Kier alpha value is -1.39. The molecule has 0 radical (unpaired) electrons. The van der Waals surface area contributed by atoms with E-state index >= 15 is 0 Å². The molecule has 2 N–H and O–H groups in total. The molecule has 1 aromatic carbocycles. The van der Waals surface area contributed by atoms with E-state index in [2.05, 4.69) is 19.2 Å². The number of esters is 1. The summed E-state index contributed by atoms with van der Waals surface area (Å²) in [6.07, 6.45) is 0.706. The molecule has 19 heavy (non-hydrogen) atoms. The maximum Gasteiger partial charge on any atom is 0.338 e. The van der Waals surface area contributed by atoms with Crippen molar-refractivity contribution in [1.82, 2.24) is 5.32 Å². The second kappa shape index (κ2) is 7.92. The summed E-state index contributed by atoms with van der Waals surface area (Å²) in [6.45, 7) is 4.97. The Bertz CT molecular complexity index is 404. The maximum atomic E-state index is 11.6. The third-order valence-electron chi connectivity index (χ3n) is 3.22. The van der Waals surface area contributed by atoms with Gasteiger partial charge in [-0.15, -0.1) is 0 Å². The Morgan fingerprint density at radius 3 is 2.63 bits per heavy atom. The molecular weight excluding hydrogens is 242 g/mol. The number of hydrogen-bond donors (Lipinski definition) is 2. The number of nitrogens with one attached hydrogen (secondary N) is 1. The molecule has 0 saturated carbocycles. The average molecular weight is 265 g/mol. The normalized spacial score (nSPS) is 12.5. The number of carbonyl (C=O) groups is 1. The van der Waals surface area contributed by atoms with Gasteiger partial charge in [0, 0.05) is 19.2 Å². The van der Waals surface area contributed by atoms with Crippen molar-refractivity contribution in [2.45, 2.75) is 32.9 Å². The standard InChI is InChI=1S/C15H23NO3/c1-11(2)14(8-9-17)16-10-12-6-4-5-7-13(12)15(18)19-3/h4-7,11,14,16-17H,8-10H2,1-3H3. The molecule has 4 heteroatoms. The van der Waals surface area contributed by atoms with E-state index in [0.29, 0.717) is 24.4 Å². The molecule has 1 unspecified atom stereocenters. The minimum absolute atomic E-state index is 0.161. The van der Waals surface area contributed by atoms with Crippen LogP contribution in [0.2, 0.25) is 0 Å². The molecule has 1 rings (SSSR count). The van der Waals surface area contributed by atoms with E-state index in [0.717, 1.165) is 5.56 Å². The first kappa shape index (κ1) is 15.7. The molecule has 1 atom stereocenters. The van der Waals surface area contributed by atoms with Gasteiger partial charge < -0.3 is 15.2 Å². The zero-order chi connectivity index (χ0) is 14.3. The van der Waals surface area contributed by atoms with E-state index in [1.165, 1.54) is 7.11 Å². The molecule has 0 amide bonds. The van der Waals surface area contributed by atoms with Crippen molar-refractivity contribution in [3.8, 4) is 0 Å². The van der Waals surface area contributed by atoms with Crippen LogP contribution in [0.3, 0.4) is 0 Å². The maximum absolute atomic E-state index is 11.6. The number of rotatable bonds is 7. The Morgan fingerprint density at radius 2 is 2.05 bits per heavy atom. The molecule has 1 aromatic rings. The SMILES string of the molecule is COC(=O)c1ccccc1CNC(CCO)C(C)C. The lowest BCUT2D eigenvalue weighted by Crippen LogP contribution is -2.34. The second-order valence-corrected chi connectivity index (χ2v) is 4.89. The van der Waals surface area contributed by atoms with Crippen molar-refractivity contribution in [2.75, 3.05) is 13.7 Å². The first-order valence-electron chi connectivity index (χ1n) is 6.60. The fourth-order valence-corrected chi connectivity index (χ4v) is 2.03. The molecule has 0 bridgehead atoms. The van der Waals surface area contributed by atoms with Crippen LogP contribution in [0.5, 0.6) is 0 Å². The van der Waals surface area contributed by atoms with Crippen LogP contribution in [0, 0.1) is 5.92 Å². The Morgan fingerprint density at radius 1 is 1.37 bits per heavy atom. The summed E-state index contributed by atoms with van der Waals surface area (Å²) in [5, 5.41) is 12.4. The van der Waals surface area contributed by atoms with Crippen LogP contribution in [0.25, 0.3) is 0 Å². The molecule has 0 aliphatic carbocycles. The van der Waals surface area contributed by atoms with Crippen molar-refractivity contribution in [3.05, 3.63) is 35.4 Å². The molecule has 0 fully saturated rings. The van der Waals surface area contributed by atoms with Crippen molar-refractivity contribution in [3.63, 3.8) is 0 Å². The third-order valence-corrected chi connectivity index (χ3v) is 3.22. The summed E-state index contributed by atoms with van der Waals surface area (Å²) in [7, 11) is 1.38. The van der Waals surface area contributed by atoms with Crippen molar-refractivity contribution < 1.29 is 14.6 Å². The van der Waals surface area contributed by atoms with Gasteiger partial charge in [0.25, 0.3) is 0 Å². The van der Waals surface area contributed by atoms with Crippen LogP contribution in [-0.2, 0) is 11.3 Å². The molecule has 0 aromatic heterocycles. The smallest absolute Gasteiger partial charge is 0.338 e. The highest BCUT2D eigenvalue weighted by Crippen LogP contribution is 2.12. The molecule has 0 heterocycles. The zero-order valence-corrected chi connectivity index (χ0v) is 11.8. The van der Waals surface area contributed by atoms with E-state index < -0.39 is 0 Å². The van der Waals surface area contributed by atoms with E-state index in [9.17, 15) is 4.79 Å². The van der Waals surface area contributed by atoms with Gasteiger partial charge in [-0.2, -0.15) is 0 Å². The fourth-order valence-electron chi connectivity index (χ4n) is 2.03. The molecule has 0 saturated heterocycles. The minimum Gasteiger partial charge on any atom is -0.465 e. The lowest BCUT2D eigenvalue weighted by atomic mass is 10.0. The monoisotopic (exact) mass is 265 g/mol. The molecule has 0 aliphatic heterocycles. The Kier molecular flexibility index (Phi) is 6.53. The highest BCUT2D eigenvalue weighted by atomic mass is 16.5. The van der Waals surface area contributed by atoms with Crippen LogP contribution in [0.15, 0.2) is 24.3 Å². The largest absolute Gasteiger partial charge is 0.465 e. The summed E-state index contributed by atoms with van der Waals surface area (Å²) in [5.41, 5.74) is 1.50. The van der Waals surface area contributed by atoms with Gasteiger partial charge in [0.05, 0.1) is 12.7 Å². The van der Waals surface area contributed by atoms with Crippen LogP contribution in [-0.4, -0.2) is 30.8 Å². The summed E-state index contributed by atoms with van der Waals surface area (Å²) in [5.74, 6) is 0.109. The van der Waals surface area contributed by atoms with Gasteiger partial charge in [-0.1, -0.05) is 32.0 Å². The van der Waals surface area contributed by atoms with Gasteiger partial charge in [0.1, 0.15) is 0 Å². The van der Waals surface area contributed by atoms with E-state index in [1.807, 2.05) is 18.2 Å². The van der Waals surface area contributed by atoms with Crippen LogP contribution in [0.4, 0.5) is 0 Å². The number of hydrogen-bond acceptors (Lipinski definition) is 4. The van der Waals surface area contributed by atoms with Gasteiger partial charge in [-0.3, -0.25) is 0 Å². The lowest BCUT2D eigenvalue weighted by Gasteiger charge is -2.22. The number of aliphatic hydroxyl groups excluding tert-OH is 1. The molecular formula is C15H23NO3. The van der Waals surface area contributed by atoms with Crippen molar-refractivity contribution in [1.29, 1.82) is 0 Å². The lowest BCUT2D eigenvalue weighted by molar-refractivity contribution is 0.0599. The number of aliphatic hydroxyl groups is 1. The summed E-state index contributed by atoms with van der Waals surface area (Å²) in [6, 6.07) is 7.63. The first-order chi connectivity index (χ1) is 9.10. The zero-order valence-electron chi connectivity index (χ0n) is 11.8. The number of carbonyl (C=O) groups excluding carboxylic acids is 1. The molecule has 106 valence electrons. The second-order valence-electron chi connectivity index (χ2n) is 4.89.